The Labute approximate surface area is 118 Å². The van der Waals surface area contributed by atoms with E-state index in [2.05, 4.69) is 37.2 Å². The smallest absolute Gasteiger partial charge is 0.0100 e. The summed E-state index contributed by atoms with van der Waals surface area (Å²) in [5.41, 5.74) is 0. The predicted octanol–water partition coefficient (Wildman–Crippen LogP) is 4.47. The van der Waals surface area contributed by atoms with Crippen LogP contribution in [0.2, 0.25) is 0 Å². The Morgan fingerprint density at radius 2 is 1.61 bits per heavy atom. The minimum Gasteiger partial charge on any atom is -0.311 e. The fraction of sp³-hybridized carbons (Fsp3) is 1.00. The first-order valence-electron chi connectivity index (χ1n) is 7.99. The number of thioether (sulfide) groups is 1. The zero-order valence-electron chi connectivity index (χ0n) is 12.5. The molecule has 2 atom stereocenters. The highest BCUT2D eigenvalue weighted by Gasteiger charge is 2.30. The van der Waals surface area contributed by atoms with E-state index in [9.17, 15) is 0 Å². The number of nitrogens with one attached hydrogen (secondary N) is 1. The molecule has 0 bridgehead atoms. The molecule has 0 aromatic carbocycles. The van der Waals surface area contributed by atoms with E-state index in [0.29, 0.717) is 0 Å². The van der Waals surface area contributed by atoms with Crippen LogP contribution in [0.5, 0.6) is 0 Å². The molecule has 0 spiro atoms. The van der Waals surface area contributed by atoms with Crippen LogP contribution in [0.1, 0.15) is 65.2 Å². The molecule has 0 amide bonds. The molecule has 0 aliphatic heterocycles. The molecular formula is C16H31NS. The summed E-state index contributed by atoms with van der Waals surface area (Å²) in [5.74, 6) is 1.78. The van der Waals surface area contributed by atoms with Crippen molar-refractivity contribution in [2.75, 3.05) is 6.26 Å². The van der Waals surface area contributed by atoms with Crippen molar-refractivity contribution >= 4 is 11.8 Å². The van der Waals surface area contributed by atoms with Gasteiger partial charge < -0.3 is 5.32 Å². The van der Waals surface area contributed by atoms with Crippen molar-refractivity contribution in [1.29, 1.82) is 0 Å². The number of hydrogen-bond donors (Lipinski definition) is 1. The predicted molar refractivity (Wildman–Crippen MR) is 83.3 cm³/mol. The second-order valence-corrected chi connectivity index (χ2v) is 7.81. The minimum absolute atomic E-state index is 0.814. The summed E-state index contributed by atoms with van der Waals surface area (Å²) in [6.45, 7) is 4.82. The highest BCUT2D eigenvalue weighted by Crippen LogP contribution is 2.33. The average molecular weight is 269 g/mol. The van der Waals surface area contributed by atoms with Crippen LogP contribution in [0.3, 0.4) is 0 Å². The molecule has 106 valence electrons. The third kappa shape index (κ3) is 3.90. The van der Waals surface area contributed by atoms with Crippen LogP contribution in [-0.4, -0.2) is 23.6 Å². The van der Waals surface area contributed by atoms with Crippen LogP contribution in [0.4, 0.5) is 0 Å². The van der Waals surface area contributed by atoms with Gasteiger partial charge in [-0.2, -0.15) is 11.8 Å². The van der Waals surface area contributed by atoms with Gasteiger partial charge in [-0.15, -0.1) is 0 Å². The Kier molecular flexibility index (Phi) is 5.88. The molecule has 2 aliphatic rings. The SMILES string of the molecule is CSC1CCC(NC2CCCCC2C(C)C)CC1. The zero-order chi connectivity index (χ0) is 13.0. The van der Waals surface area contributed by atoms with Crippen LogP contribution in [0.15, 0.2) is 0 Å². The van der Waals surface area contributed by atoms with Gasteiger partial charge in [0.15, 0.2) is 0 Å². The van der Waals surface area contributed by atoms with Gasteiger partial charge in [-0.05, 0) is 56.6 Å². The summed E-state index contributed by atoms with van der Waals surface area (Å²) in [6.07, 6.45) is 13.7. The second-order valence-electron chi connectivity index (χ2n) is 6.67. The lowest BCUT2D eigenvalue weighted by Gasteiger charge is -2.39. The van der Waals surface area contributed by atoms with Crippen LogP contribution in [0, 0.1) is 11.8 Å². The highest BCUT2D eigenvalue weighted by molar-refractivity contribution is 7.99. The van der Waals surface area contributed by atoms with Gasteiger partial charge in [0.25, 0.3) is 0 Å². The quantitative estimate of drug-likeness (QED) is 0.808. The average Bonchev–Trinajstić information content (AvgIpc) is 2.40. The molecule has 0 heterocycles. The third-order valence-electron chi connectivity index (χ3n) is 5.13. The number of hydrogen-bond acceptors (Lipinski definition) is 2. The highest BCUT2D eigenvalue weighted by atomic mass is 32.2. The summed E-state index contributed by atoms with van der Waals surface area (Å²) in [5, 5.41) is 4.96. The van der Waals surface area contributed by atoms with Crippen molar-refractivity contribution in [2.45, 2.75) is 82.5 Å². The monoisotopic (exact) mass is 269 g/mol. The van der Waals surface area contributed by atoms with Crippen molar-refractivity contribution < 1.29 is 0 Å². The van der Waals surface area contributed by atoms with E-state index in [0.717, 1.165) is 29.2 Å². The Balaban J connectivity index is 1.80. The second kappa shape index (κ2) is 7.19. The van der Waals surface area contributed by atoms with Gasteiger partial charge in [-0.25, -0.2) is 0 Å². The molecule has 1 N–H and O–H groups in total. The Bertz CT molecular complexity index is 233. The van der Waals surface area contributed by atoms with E-state index in [1.165, 1.54) is 51.4 Å². The molecule has 0 saturated heterocycles. The maximum absolute atomic E-state index is 4.02. The molecule has 2 rings (SSSR count). The van der Waals surface area contributed by atoms with Gasteiger partial charge in [0.2, 0.25) is 0 Å². The van der Waals surface area contributed by atoms with Crippen LogP contribution in [0.25, 0.3) is 0 Å². The molecule has 0 radical (unpaired) electrons. The summed E-state index contributed by atoms with van der Waals surface area (Å²) in [7, 11) is 0. The Morgan fingerprint density at radius 3 is 2.22 bits per heavy atom. The van der Waals surface area contributed by atoms with Crippen LogP contribution >= 0.6 is 11.8 Å². The van der Waals surface area contributed by atoms with Crippen molar-refractivity contribution in [3.63, 3.8) is 0 Å². The number of rotatable bonds is 4. The molecule has 0 aromatic rings. The van der Waals surface area contributed by atoms with Crippen molar-refractivity contribution in [1.82, 2.24) is 5.32 Å². The van der Waals surface area contributed by atoms with E-state index in [1.807, 2.05) is 0 Å². The van der Waals surface area contributed by atoms with Gasteiger partial charge in [0.1, 0.15) is 0 Å². The van der Waals surface area contributed by atoms with Gasteiger partial charge in [0, 0.05) is 17.3 Å². The zero-order valence-corrected chi connectivity index (χ0v) is 13.3. The summed E-state index contributed by atoms with van der Waals surface area (Å²) in [6, 6.07) is 1.63. The first-order valence-corrected chi connectivity index (χ1v) is 9.28. The summed E-state index contributed by atoms with van der Waals surface area (Å²) in [4.78, 5) is 0. The fourth-order valence-electron chi connectivity index (χ4n) is 3.93. The largest absolute Gasteiger partial charge is 0.311 e. The van der Waals surface area contributed by atoms with E-state index in [4.69, 9.17) is 0 Å². The van der Waals surface area contributed by atoms with E-state index < -0.39 is 0 Å². The summed E-state index contributed by atoms with van der Waals surface area (Å²) >= 11 is 2.07. The molecule has 18 heavy (non-hydrogen) atoms. The Morgan fingerprint density at radius 1 is 0.944 bits per heavy atom. The lowest BCUT2D eigenvalue weighted by Crippen LogP contribution is -2.47. The molecule has 2 aliphatic carbocycles. The molecular weight excluding hydrogens is 238 g/mol. The van der Waals surface area contributed by atoms with Crippen LogP contribution in [-0.2, 0) is 0 Å². The topological polar surface area (TPSA) is 12.0 Å². The van der Waals surface area contributed by atoms with Crippen molar-refractivity contribution in [2.24, 2.45) is 11.8 Å². The fourth-order valence-corrected chi connectivity index (χ4v) is 4.68. The lowest BCUT2D eigenvalue weighted by atomic mass is 9.77. The summed E-state index contributed by atoms with van der Waals surface area (Å²) < 4.78 is 0. The molecule has 2 heteroatoms. The lowest BCUT2D eigenvalue weighted by molar-refractivity contribution is 0.181. The third-order valence-corrected chi connectivity index (χ3v) is 6.27. The molecule has 2 unspecified atom stereocenters. The normalized spacial score (nSPS) is 38.0. The van der Waals surface area contributed by atoms with E-state index in [1.54, 1.807) is 0 Å². The van der Waals surface area contributed by atoms with E-state index in [-0.39, 0.29) is 0 Å². The van der Waals surface area contributed by atoms with Crippen LogP contribution < -0.4 is 5.32 Å². The van der Waals surface area contributed by atoms with Crippen molar-refractivity contribution in [3.8, 4) is 0 Å². The van der Waals surface area contributed by atoms with Gasteiger partial charge in [-0.3, -0.25) is 0 Å². The molecule has 0 aromatic heterocycles. The maximum atomic E-state index is 4.02. The molecule has 2 fully saturated rings. The first-order chi connectivity index (χ1) is 8.70. The standard InChI is InChI=1S/C16H31NS/c1-12(2)15-6-4-5-7-16(15)17-13-8-10-14(18-3)11-9-13/h12-17H,4-11H2,1-3H3. The minimum atomic E-state index is 0.814. The molecule has 2 saturated carbocycles. The molecule has 1 nitrogen and oxygen atoms in total. The van der Waals surface area contributed by atoms with E-state index >= 15 is 0 Å². The van der Waals surface area contributed by atoms with Gasteiger partial charge in [0.05, 0.1) is 0 Å². The van der Waals surface area contributed by atoms with Gasteiger partial charge >= 0.3 is 0 Å². The Hall–Kier alpha value is 0.310. The first kappa shape index (κ1) is 14.7. The van der Waals surface area contributed by atoms with Gasteiger partial charge in [-0.1, -0.05) is 26.7 Å². The maximum Gasteiger partial charge on any atom is 0.0100 e. The van der Waals surface area contributed by atoms with Crippen molar-refractivity contribution in [3.05, 3.63) is 0 Å².